The molecular weight excluding hydrogens is 173 g/mol. The molecule has 0 saturated carbocycles. The normalized spacial score (nSPS) is 9.27. The van der Waals surface area contributed by atoms with Gasteiger partial charge in [-0.05, 0) is 6.07 Å². The van der Waals surface area contributed by atoms with E-state index >= 15 is 0 Å². The molecule has 0 aliphatic rings. The molecule has 0 aromatic carbocycles. The summed E-state index contributed by atoms with van der Waals surface area (Å²) in [6, 6.07) is 2.27. The third-order valence-corrected chi connectivity index (χ3v) is 1.21. The first-order valence-electron chi connectivity index (χ1n) is 2.66. The van der Waals surface area contributed by atoms with E-state index in [0.717, 1.165) is 6.07 Å². The summed E-state index contributed by atoms with van der Waals surface area (Å²) in [5, 5.41) is -0.315. The van der Waals surface area contributed by atoms with Crippen molar-refractivity contribution in [1.29, 1.82) is 0 Å². The van der Waals surface area contributed by atoms with Crippen molar-refractivity contribution in [2.24, 2.45) is 0 Å². The Labute approximate surface area is 66.8 Å². The lowest BCUT2D eigenvalue weighted by molar-refractivity contribution is -0.120. The average molecular weight is 176 g/mol. The molecule has 5 heteroatoms. The van der Waals surface area contributed by atoms with Gasteiger partial charge in [-0.2, -0.15) is 4.98 Å². The van der Waals surface area contributed by atoms with Gasteiger partial charge in [0.15, 0.2) is 11.0 Å². The summed E-state index contributed by atoms with van der Waals surface area (Å²) in [7, 11) is 0. The molecule has 0 amide bonds. The second-order valence-electron chi connectivity index (χ2n) is 1.64. The van der Waals surface area contributed by atoms with Crippen LogP contribution in [0, 0.1) is 5.82 Å². The Morgan fingerprint density at radius 1 is 1.64 bits per heavy atom. The summed E-state index contributed by atoms with van der Waals surface area (Å²) < 4.78 is 16.7. The first-order valence-corrected chi connectivity index (χ1v) is 3.04. The molecule has 0 bridgehead atoms. The minimum absolute atomic E-state index is 0.0219. The molecular formula is C6H3ClFNO2. The fraction of sp³-hybridized carbons (Fsp3) is 0. The van der Waals surface area contributed by atoms with Gasteiger partial charge in [-0.25, -0.2) is 4.39 Å². The first-order chi connectivity index (χ1) is 5.24. The number of rotatable bonds is 2. The lowest BCUT2D eigenvalue weighted by Crippen LogP contribution is -1.92. The molecule has 1 aromatic rings. The molecule has 0 fully saturated rings. The monoisotopic (exact) mass is 175 g/mol. The zero-order valence-corrected chi connectivity index (χ0v) is 6.01. The number of hydrogen-bond donors (Lipinski definition) is 0. The van der Waals surface area contributed by atoms with Gasteiger partial charge in [0.2, 0.25) is 5.88 Å². The fourth-order valence-corrected chi connectivity index (χ4v) is 0.662. The Balaban J connectivity index is 2.95. The van der Waals surface area contributed by atoms with E-state index < -0.39 is 5.82 Å². The molecule has 3 nitrogen and oxygen atoms in total. The van der Waals surface area contributed by atoms with Gasteiger partial charge in [0.05, 0.1) is 0 Å². The van der Waals surface area contributed by atoms with E-state index in [1.807, 2.05) is 0 Å². The fourth-order valence-electron chi connectivity index (χ4n) is 0.516. The molecule has 0 aliphatic heterocycles. The highest BCUT2D eigenvalue weighted by molar-refractivity contribution is 6.29. The van der Waals surface area contributed by atoms with E-state index in [1.165, 1.54) is 6.07 Å². The van der Waals surface area contributed by atoms with Crippen molar-refractivity contribution in [3.63, 3.8) is 0 Å². The molecule has 1 rings (SSSR count). The van der Waals surface area contributed by atoms with Crippen LogP contribution in [0.5, 0.6) is 5.88 Å². The largest absolute Gasteiger partial charge is 0.410 e. The van der Waals surface area contributed by atoms with Crippen molar-refractivity contribution in [3.05, 3.63) is 23.1 Å². The molecule has 0 N–H and O–H groups in total. The van der Waals surface area contributed by atoms with Gasteiger partial charge in [0.25, 0.3) is 6.47 Å². The number of ether oxygens (including phenoxy) is 1. The van der Waals surface area contributed by atoms with Crippen molar-refractivity contribution < 1.29 is 13.9 Å². The summed E-state index contributed by atoms with van der Waals surface area (Å²) in [5.74, 6) is -0.670. The molecule has 0 aliphatic carbocycles. The number of nitrogens with zero attached hydrogens (tertiary/aromatic N) is 1. The highest BCUT2D eigenvalue weighted by atomic mass is 35.5. The van der Waals surface area contributed by atoms with E-state index in [2.05, 4.69) is 9.72 Å². The Hall–Kier alpha value is -1.16. The van der Waals surface area contributed by atoms with E-state index in [9.17, 15) is 9.18 Å². The number of carbonyl (C=O) groups is 1. The van der Waals surface area contributed by atoms with Crippen LogP contribution in [0.15, 0.2) is 12.1 Å². The third kappa shape index (κ3) is 1.88. The van der Waals surface area contributed by atoms with Gasteiger partial charge in [-0.15, -0.1) is 0 Å². The van der Waals surface area contributed by atoms with Gasteiger partial charge < -0.3 is 4.74 Å². The summed E-state index contributed by atoms with van der Waals surface area (Å²) in [5.41, 5.74) is 0. The second-order valence-corrected chi connectivity index (χ2v) is 1.99. The molecule has 1 aromatic heterocycles. The maximum atomic E-state index is 12.4. The molecule has 1 heterocycles. The molecule has 0 unspecified atom stereocenters. The lowest BCUT2D eigenvalue weighted by atomic mass is 10.5. The second kappa shape index (κ2) is 3.30. The summed E-state index contributed by atoms with van der Waals surface area (Å²) in [4.78, 5) is 13.2. The highest BCUT2D eigenvalue weighted by Crippen LogP contribution is 2.15. The standard InChI is InChI=1S/C6H3ClFNO2/c7-6-4(8)1-2-5(9-6)11-3-10/h1-3H. The van der Waals surface area contributed by atoms with Crippen LogP contribution in [0.4, 0.5) is 4.39 Å². The van der Waals surface area contributed by atoms with Crippen LogP contribution in [-0.4, -0.2) is 11.5 Å². The molecule has 0 radical (unpaired) electrons. The summed E-state index contributed by atoms with van der Waals surface area (Å²) >= 11 is 5.27. The molecule has 0 atom stereocenters. The first kappa shape index (κ1) is 7.94. The van der Waals surface area contributed by atoms with E-state index in [-0.39, 0.29) is 17.5 Å². The Morgan fingerprint density at radius 2 is 2.36 bits per heavy atom. The van der Waals surface area contributed by atoms with E-state index in [4.69, 9.17) is 11.6 Å². The van der Waals surface area contributed by atoms with Gasteiger partial charge in [0.1, 0.15) is 0 Å². The lowest BCUT2D eigenvalue weighted by Gasteiger charge is -1.96. The van der Waals surface area contributed by atoms with Gasteiger partial charge in [-0.1, -0.05) is 11.6 Å². The minimum Gasteiger partial charge on any atom is -0.410 e. The highest BCUT2D eigenvalue weighted by Gasteiger charge is 2.01. The van der Waals surface area contributed by atoms with Gasteiger partial charge in [-0.3, -0.25) is 4.79 Å². The zero-order chi connectivity index (χ0) is 8.27. The Morgan fingerprint density at radius 3 is 2.91 bits per heavy atom. The average Bonchev–Trinajstić information content (AvgIpc) is 1.98. The maximum absolute atomic E-state index is 12.4. The van der Waals surface area contributed by atoms with Crippen LogP contribution in [-0.2, 0) is 4.79 Å². The summed E-state index contributed by atoms with van der Waals surface area (Å²) in [6.07, 6.45) is 0. The van der Waals surface area contributed by atoms with Crippen molar-refractivity contribution in [2.45, 2.75) is 0 Å². The Bertz CT molecular complexity index is 279. The van der Waals surface area contributed by atoms with Crippen molar-refractivity contribution >= 4 is 18.1 Å². The third-order valence-electron chi connectivity index (χ3n) is 0.947. The number of hydrogen-bond acceptors (Lipinski definition) is 3. The predicted octanol–water partition coefficient (Wildman–Crippen LogP) is 1.41. The van der Waals surface area contributed by atoms with Crippen LogP contribution in [0.2, 0.25) is 5.15 Å². The van der Waals surface area contributed by atoms with Gasteiger partial charge >= 0.3 is 0 Å². The number of carbonyl (C=O) groups excluding carboxylic acids is 1. The predicted molar refractivity (Wildman–Crippen MR) is 35.9 cm³/mol. The van der Waals surface area contributed by atoms with Crippen LogP contribution < -0.4 is 4.74 Å². The summed E-state index contributed by atoms with van der Waals surface area (Å²) in [6.45, 7) is 0.191. The maximum Gasteiger partial charge on any atom is 0.299 e. The number of halogens is 2. The quantitative estimate of drug-likeness (QED) is 0.504. The van der Waals surface area contributed by atoms with Gasteiger partial charge in [0, 0.05) is 6.07 Å². The molecule has 11 heavy (non-hydrogen) atoms. The molecule has 0 spiro atoms. The van der Waals surface area contributed by atoms with Crippen LogP contribution in [0.25, 0.3) is 0 Å². The smallest absolute Gasteiger partial charge is 0.299 e. The molecule has 58 valence electrons. The van der Waals surface area contributed by atoms with Crippen LogP contribution in [0.3, 0.4) is 0 Å². The number of aromatic nitrogens is 1. The van der Waals surface area contributed by atoms with Crippen LogP contribution in [0.1, 0.15) is 0 Å². The Kier molecular flexibility index (Phi) is 2.38. The molecule has 0 saturated heterocycles. The van der Waals surface area contributed by atoms with E-state index in [1.54, 1.807) is 0 Å². The van der Waals surface area contributed by atoms with E-state index in [0.29, 0.717) is 0 Å². The SMILES string of the molecule is O=COc1ccc(F)c(Cl)n1. The number of pyridine rings is 1. The van der Waals surface area contributed by atoms with Crippen molar-refractivity contribution in [2.75, 3.05) is 0 Å². The topological polar surface area (TPSA) is 39.2 Å². The van der Waals surface area contributed by atoms with Crippen LogP contribution >= 0.6 is 11.6 Å². The van der Waals surface area contributed by atoms with Crippen molar-refractivity contribution in [1.82, 2.24) is 4.98 Å². The van der Waals surface area contributed by atoms with Crippen molar-refractivity contribution in [3.8, 4) is 5.88 Å². The minimum atomic E-state index is -0.648. The zero-order valence-electron chi connectivity index (χ0n) is 5.25.